The van der Waals surface area contributed by atoms with E-state index in [9.17, 15) is 14.7 Å². The Kier molecular flexibility index (Phi) is 22.0. The molecule has 0 aromatic rings. The van der Waals surface area contributed by atoms with Crippen molar-refractivity contribution >= 4 is 11.6 Å². The van der Waals surface area contributed by atoms with Crippen LogP contribution in [-0.2, 0) is 9.59 Å². The average molecular weight is 438 g/mol. The van der Waals surface area contributed by atoms with E-state index in [0.717, 1.165) is 51.4 Å². The molecule has 0 rings (SSSR count). The van der Waals surface area contributed by atoms with Crippen LogP contribution in [0.3, 0.4) is 0 Å². The Hall–Kier alpha value is -0.700. The van der Waals surface area contributed by atoms with Crippen molar-refractivity contribution in [3.8, 4) is 0 Å². The van der Waals surface area contributed by atoms with Gasteiger partial charge in [0.05, 0.1) is 12.5 Å². The summed E-state index contributed by atoms with van der Waals surface area (Å²) in [6, 6.07) is 0. The number of Topliss-reactive ketones (excluding diaryl/α,β-unsaturated/α-hetero) is 2. The lowest BCUT2D eigenvalue weighted by Gasteiger charge is -2.21. The first-order chi connectivity index (χ1) is 15.1. The van der Waals surface area contributed by atoms with E-state index in [1.807, 2.05) is 0 Å². The maximum Gasteiger partial charge on any atom is 0.139 e. The third kappa shape index (κ3) is 18.6. The number of hydrogen-bond acceptors (Lipinski definition) is 3. The number of rotatable bonds is 24. The highest BCUT2D eigenvalue weighted by Crippen LogP contribution is 2.22. The Morgan fingerprint density at radius 1 is 0.613 bits per heavy atom. The highest BCUT2D eigenvalue weighted by molar-refractivity contribution is 5.89. The molecule has 0 saturated carbocycles. The zero-order chi connectivity index (χ0) is 23.2. The summed E-state index contributed by atoms with van der Waals surface area (Å²) >= 11 is 0. The summed E-state index contributed by atoms with van der Waals surface area (Å²) in [6.07, 6.45) is 22.3. The molecule has 183 valence electrons. The zero-order valence-electron chi connectivity index (χ0n) is 21.1. The van der Waals surface area contributed by atoms with E-state index in [1.165, 1.54) is 64.2 Å². The van der Waals surface area contributed by atoms with Gasteiger partial charge < -0.3 is 5.11 Å². The molecule has 0 aromatic heterocycles. The van der Waals surface area contributed by atoms with Crippen LogP contribution < -0.4 is 0 Å². The SMILES string of the molecule is CCCCCCCCCCCCCC(C(=O)CCCCC)C(O)[CH]C(=O)CCCCC. The van der Waals surface area contributed by atoms with Crippen molar-refractivity contribution in [2.24, 2.45) is 5.92 Å². The maximum absolute atomic E-state index is 12.7. The van der Waals surface area contributed by atoms with Crippen LogP contribution in [0.25, 0.3) is 0 Å². The molecule has 0 aliphatic heterocycles. The average Bonchev–Trinajstić information content (AvgIpc) is 2.74. The highest BCUT2D eigenvalue weighted by atomic mass is 16.3. The molecule has 2 unspecified atom stereocenters. The minimum atomic E-state index is -0.911. The van der Waals surface area contributed by atoms with Crippen LogP contribution in [-0.4, -0.2) is 22.8 Å². The van der Waals surface area contributed by atoms with E-state index < -0.39 is 12.0 Å². The number of aliphatic hydroxyl groups excluding tert-OH is 1. The predicted octanol–water partition coefficient (Wildman–Crippen LogP) is 8.17. The van der Waals surface area contributed by atoms with Gasteiger partial charge >= 0.3 is 0 Å². The molecule has 2 atom stereocenters. The minimum absolute atomic E-state index is 0.00811. The van der Waals surface area contributed by atoms with Gasteiger partial charge in [-0.2, -0.15) is 0 Å². The Bertz CT molecular complexity index is 418. The van der Waals surface area contributed by atoms with Crippen molar-refractivity contribution in [1.82, 2.24) is 0 Å². The van der Waals surface area contributed by atoms with E-state index in [1.54, 1.807) is 0 Å². The van der Waals surface area contributed by atoms with Crippen LogP contribution >= 0.6 is 0 Å². The Balaban J connectivity index is 4.21. The van der Waals surface area contributed by atoms with Gasteiger partial charge in [0.1, 0.15) is 11.6 Å². The fourth-order valence-electron chi connectivity index (χ4n) is 4.22. The number of unbranched alkanes of at least 4 members (excludes halogenated alkanes) is 14. The van der Waals surface area contributed by atoms with E-state index in [4.69, 9.17) is 0 Å². The van der Waals surface area contributed by atoms with Crippen molar-refractivity contribution in [1.29, 1.82) is 0 Å². The molecule has 0 amide bonds. The second-order valence-electron chi connectivity index (χ2n) is 9.43. The molecule has 0 aromatic carbocycles. The van der Waals surface area contributed by atoms with Crippen molar-refractivity contribution in [2.45, 2.75) is 155 Å². The Labute approximate surface area is 194 Å². The lowest BCUT2D eigenvalue weighted by atomic mass is 9.86. The third-order valence-corrected chi connectivity index (χ3v) is 6.35. The van der Waals surface area contributed by atoms with Crippen LogP contribution in [0, 0.1) is 12.3 Å². The van der Waals surface area contributed by atoms with Gasteiger partial charge in [-0.05, 0) is 19.3 Å². The molecular formula is C28H53O3. The maximum atomic E-state index is 12.7. The lowest BCUT2D eigenvalue weighted by Crippen LogP contribution is -2.31. The molecule has 0 bridgehead atoms. The zero-order valence-corrected chi connectivity index (χ0v) is 21.1. The number of hydrogen-bond donors (Lipinski definition) is 1. The van der Waals surface area contributed by atoms with Crippen LogP contribution in [0.15, 0.2) is 0 Å². The molecule has 0 aliphatic rings. The molecule has 0 aliphatic carbocycles. The Morgan fingerprint density at radius 2 is 1.03 bits per heavy atom. The van der Waals surface area contributed by atoms with Crippen molar-refractivity contribution in [3.05, 3.63) is 6.42 Å². The summed E-state index contributed by atoms with van der Waals surface area (Å²) in [4.78, 5) is 24.9. The monoisotopic (exact) mass is 437 g/mol. The normalized spacial score (nSPS) is 13.3. The van der Waals surface area contributed by atoms with Crippen molar-refractivity contribution in [3.63, 3.8) is 0 Å². The smallest absolute Gasteiger partial charge is 0.139 e. The Morgan fingerprint density at radius 3 is 1.55 bits per heavy atom. The summed E-state index contributed by atoms with van der Waals surface area (Å²) in [7, 11) is 0. The lowest BCUT2D eigenvalue weighted by molar-refractivity contribution is -0.126. The molecule has 0 heterocycles. The minimum Gasteiger partial charge on any atom is -0.392 e. The molecule has 1 radical (unpaired) electrons. The summed E-state index contributed by atoms with van der Waals surface area (Å²) in [5.41, 5.74) is 0. The van der Waals surface area contributed by atoms with E-state index in [-0.39, 0.29) is 11.6 Å². The third-order valence-electron chi connectivity index (χ3n) is 6.35. The molecule has 0 spiro atoms. The first kappa shape index (κ1) is 30.3. The second-order valence-corrected chi connectivity index (χ2v) is 9.43. The quantitative estimate of drug-likeness (QED) is 0.155. The fraction of sp³-hybridized carbons (Fsp3) is 0.893. The summed E-state index contributed by atoms with van der Waals surface area (Å²) in [5.74, 6) is -0.262. The van der Waals surface area contributed by atoms with Gasteiger partial charge in [-0.1, -0.05) is 117 Å². The molecular weight excluding hydrogens is 384 g/mol. The first-order valence-electron chi connectivity index (χ1n) is 13.6. The van der Waals surface area contributed by atoms with Crippen LogP contribution in [0.5, 0.6) is 0 Å². The fourth-order valence-corrected chi connectivity index (χ4v) is 4.22. The van der Waals surface area contributed by atoms with Gasteiger partial charge in [0.25, 0.3) is 0 Å². The van der Waals surface area contributed by atoms with Gasteiger partial charge in [-0.25, -0.2) is 0 Å². The summed E-state index contributed by atoms with van der Waals surface area (Å²) in [6.45, 7) is 6.50. The summed E-state index contributed by atoms with van der Waals surface area (Å²) < 4.78 is 0. The summed E-state index contributed by atoms with van der Waals surface area (Å²) in [5, 5.41) is 10.6. The van der Waals surface area contributed by atoms with Crippen LogP contribution in [0.4, 0.5) is 0 Å². The molecule has 31 heavy (non-hydrogen) atoms. The standard InChI is InChI=1S/C28H53O3/c1-4-7-10-11-12-13-14-15-16-17-20-22-26(27(30)23-19-9-6-3)28(31)24-25(29)21-18-8-5-2/h24,26,28,31H,4-23H2,1-3H3. The first-order valence-corrected chi connectivity index (χ1v) is 13.6. The van der Waals surface area contributed by atoms with E-state index in [2.05, 4.69) is 20.8 Å². The molecule has 3 heteroatoms. The second kappa shape index (κ2) is 22.5. The molecule has 3 nitrogen and oxygen atoms in total. The van der Waals surface area contributed by atoms with Crippen molar-refractivity contribution in [2.75, 3.05) is 0 Å². The van der Waals surface area contributed by atoms with Crippen molar-refractivity contribution < 1.29 is 14.7 Å². The number of carbonyl (C=O) groups excluding carboxylic acids is 2. The van der Waals surface area contributed by atoms with Gasteiger partial charge in [-0.3, -0.25) is 9.59 Å². The number of ketones is 2. The van der Waals surface area contributed by atoms with Gasteiger partial charge in [0, 0.05) is 18.8 Å². The van der Waals surface area contributed by atoms with E-state index in [0.29, 0.717) is 19.3 Å². The topological polar surface area (TPSA) is 54.4 Å². The molecule has 0 fully saturated rings. The van der Waals surface area contributed by atoms with Gasteiger partial charge in [0.2, 0.25) is 0 Å². The van der Waals surface area contributed by atoms with Crippen LogP contribution in [0.1, 0.15) is 149 Å². The predicted molar refractivity (Wildman–Crippen MR) is 133 cm³/mol. The highest BCUT2D eigenvalue weighted by Gasteiger charge is 2.27. The van der Waals surface area contributed by atoms with Gasteiger partial charge in [0.15, 0.2) is 0 Å². The molecule has 0 saturated heterocycles. The van der Waals surface area contributed by atoms with Crippen LogP contribution in [0.2, 0.25) is 0 Å². The van der Waals surface area contributed by atoms with E-state index >= 15 is 0 Å². The van der Waals surface area contributed by atoms with Gasteiger partial charge in [-0.15, -0.1) is 0 Å². The molecule has 1 N–H and O–H groups in total. The number of carbonyl (C=O) groups is 2. The number of aliphatic hydroxyl groups is 1. The largest absolute Gasteiger partial charge is 0.392 e.